The van der Waals surface area contributed by atoms with Crippen LogP contribution >= 0.6 is 0 Å². The van der Waals surface area contributed by atoms with Crippen LogP contribution in [0.25, 0.3) is 11.5 Å². The average Bonchev–Trinajstić information content (AvgIpc) is 3.27. The summed E-state index contributed by atoms with van der Waals surface area (Å²) in [6.45, 7) is 4.69. The van der Waals surface area contributed by atoms with Gasteiger partial charge >= 0.3 is 0 Å². The van der Waals surface area contributed by atoms with Crippen molar-refractivity contribution in [2.24, 2.45) is 0 Å². The monoisotopic (exact) mass is 338 g/mol. The Morgan fingerprint density at radius 2 is 2.24 bits per heavy atom. The van der Waals surface area contributed by atoms with Crippen molar-refractivity contribution in [1.29, 1.82) is 0 Å². The molecular weight excluding hydrogens is 316 g/mol. The highest BCUT2D eigenvalue weighted by Crippen LogP contribution is 2.21. The molecule has 0 unspecified atom stereocenters. The van der Waals surface area contributed by atoms with Gasteiger partial charge in [0, 0.05) is 18.4 Å². The highest BCUT2D eigenvalue weighted by Gasteiger charge is 2.25. The van der Waals surface area contributed by atoms with Crippen LogP contribution in [0.15, 0.2) is 41.3 Å². The van der Waals surface area contributed by atoms with E-state index in [4.69, 9.17) is 4.52 Å². The Labute approximate surface area is 146 Å². The van der Waals surface area contributed by atoms with Gasteiger partial charge in [-0.3, -0.25) is 14.6 Å². The van der Waals surface area contributed by atoms with Gasteiger partial charge in [0.25, 0.3) is 0 Å². The molecule has 0 saturated carbocycles. The molecule has 1 aliphatic rings. The van der Waals surface area contributed by atoms with Gasteiger partial charge in [-0.1, -0.05) is 17.6 Å². The number of piperidine rings is 1. The van der Waals surface area contributed by atoms with E-state index in [1.54, 1.807) is 6.20 Å². The van der Waals surface area contributed by atoms with Crippen molar-refractivity contribution in [1.82, 2.24) is 29.8 Å². The van der Waals surface area contributed by atoms with Crippen molar-refractivity contribution in [3.63, 3.8) is 0 Å². The van der Waals surface area contributed by atoms with Crippen molar-refractivity contribution < 1.29 is 4.52 Å². The number of nitrogens with zero attached hydrogens (tertiary/aromatic N) is 6. The molecule has 0 aliphatic carbocycles. The number of likely N-dealkylation sites (tertiary alicyclic amines) is 1. The summed E-state index contributed by atoms with van der Waals surface area (Å²) in [5.74, 6) is 1.19. The summed E-state index contributed by atoms with van der Waals surface area (Å²) in [6.07, 6.45) is 9.36. The smallest absolute Gasteiger partial charge is 0.241 e. The van der Waals surface area contributed by atoms with Gasteiger partial charge in [0.15, 0.2) is 0 Å². The highest BCUT2D eigenvalue weighted by atomic mass is 16.5. The molecule has 1 fully saturated rings. The maximum absolute atomic E-state index is 5.46. The fourth-order valence-corrected chi connectivity index (χ4v) is 3.35. The summed E-state index contributed by atoms with van der Waals surface area (Å²) in [5, 5.41) is 8.50. The molecular formula is C18H22N6O. The third kappa shape index (κ3) is 3.76. The molecule has 0 amide bonds. The van der Waals surface area contributed by atoms with E-state index in [-0.39, 0.29) is 0 Å². The third-order valence-electron chi connectivity index (χ3n) is 4.61. The van der Waals surface area contributed by atoms with Crippen LogP contribution in [0.4, 0.5) is 0 Å². The van der Waals surface area contributed by atoms with Crippen molar-refractivity contribution in [3.05, 3.63) is 48.2 Å². The quantitative estimate of drug-likeness (QED) is 0.712. The number of aryl methyl sites for hydroxylation is 1. The minimum atomic E-state index is 0.443. The maximum Gasteiger partial charge on any atom is 0.241 e. The van der Waals surface area contributed by atoms with Crippen molar-refractivity contribution in [2.75, 3.05) is 6.54 Å². The molecule has 4 rings (SSSR count). The van der Waals surface area contributed by atoms with Crippen LogP contribution in [0.1, 0.15) is 30.7 Å². The van der Waals surface area contributed by atoms with Gasteiger partial charge < -0.3 is 4.52 Å². The molecule has 1 saturated heterocycles. The lowest BCUT2D eigenvalue weighted by Gasteiger charge is -2.34. The molecule has 7 nitrogen and oxygen atoms in total. The molecule has 0 spiro atoms. The second-order valence-electron chi connectivity index (χ2n) is 6.59. The van der Waals surface area contributed by atoms with E-state index in [1.165, 1.54) is 24.8 Å². The van der Waals surface area contributed by atoms with E-state index in [2.05, 4.69) is 38.2 Å². The van der Waals surface area contributed by atoms with Crippen molar-refractivity contribution in [3.8, 4) is 11.5 Å². The molecule has 3 aromatic heterocycles. The fraction of sp³-hybridized carbons (Fsp3) is 0.444. The van der Waals surface area contributed by atoms with Crippen LogP contribution in [-0.2, 0) is 13.1 Å². The molecule has 4 heterocycles. The summed E-state index contributed by atoms with van der Waals surface area (Å²) in [4.78, 5) is 11.2. The Bertz CT molecular complexity index is 812. The lowest BCUT2D eigenvalue weighted by Crippen LogP contribution is -2.41. The van der Waals surface area contributed by atoms with E-state index in [0.717, 1.165) is 18.8 Å². The van der Waals surface area contributed by atoms with Crippen molar-refractivity contribution in [2.45, 2.75) is 45.3 Å². The molecule has 130 valence electrons. The van der Waals surface area contributed by atoms with E-state index in [0.29, 0.717) is 24.3 Å². The Balaban J connectivity index is 1.45. The van der Waals surface area contributed by atoms with Crippen LogP contribution in [0, 0.1) is 6.92 Å². The second-order valence-corrected chi connectivity index (χ2v) is 6.59. The topological polar surface area (TPSA) is 72.9 Å². The predicted octanol–water partition coefficient (Wildman–Crippen LogP) is 2.69. The second kappa shape index (κ2) is 7.14. The van der Waals surface area contributed by atoms with E-state index < -0.39 is 0 Å². The Hall–Kier alpha value is -2.54. The first kappa shape index (κ1) is 16.0. The van der Waals surface area contributed by atoms with Crippen molar-refractivity contribution >= 4 is 0 Å². The van der Waals surface area contributed by atoms with Gasteiger partial charge in [-0.25, -0.2) is 0 Å². The minimum Gasteiger partial charge on any atom is -0.337 e. The number of pyridine rings is 1. The molecule has 25 heavy (non-hydrogen) atoms. The first-order valence-electron chi connectivity index (χ1n) is 8.75. The number of rotatable bonds is 5. The lowest BCUT2D eigenvalue weighted by molar-refractivity contribution is 0.108. The average molecular weight is 338 g/mol. The van der Waals surface area contributed by atoms with Gasteiger partial charge in [0.05, 0.1) is 19.3 Å². The Morgan fingerprint density at radius 3 is 3.04 bits per heavy atom. The van der Waals surface area contributed by atoms with Crippen LogP contribution in [-0.4, -0.2) is 42.4 Å². The number of aromatic nitrogens is 5. The Morgan fingerprint density at radius 1 is 1.28 bits per heavy atom. The van der Waals surface area contributed by atoms with Gasteiger partial charge in [-0.15, -0.1) is 0 Å². The summed E-state index contributed by atoms with van der Waals surface area (Å²) in [5.41, 5.74) is 1.93. The normalized spacial score (nSPS) is 18.5. The Kier molecular flexibility index (Phi) is 4.56. The summed E-state index contributed by atoms with van der Waals surface area (Å²) >= 11 is 0. The molecule has 0 N–H and O–H groups in total. The molecule has 1 aliphatic heterocycles. The zero-order valence-corrected chi connectivity index (χ0v) is 14.4. The lowest BCUT2D eigenvalue weighted by atomic mass is 10.0. The van der Waals surface area contributed by atoms with Crippen LogP contribution in [0.3, 0.4) is 0 Å². The number of hydrogen-bond donors (Lipinski definition) is 0. The predicted molar refractivity (Wildman–Crippen MR) is 92.5 cm³/mol. The zero-order chi connectivity index (χ0) is 17.1. The van der Waals surface area contributed by atoms with Crippen LogP contribution in [0.5, 0.6) is 0 Å². The van der Waals surface area contributed by atoms with E-state index >= 15 is 0 Å². The summed E-state index contributed by atoms with van der Waals surface area (Å²) in [6, 6.07) is 6.13. The SMILES string of the molecule is Cc1cnn(C[C@H]2CCCCN2Cc2nc(-c3ccccn3)no2)c1. The van der Waals surface area contributed by atoms with Gasteiger partial charge in [0.1, 0.15) is 5.69 Å². The highest BCUT2D eigenvalue weighted by molar-refractivity contribution is 5.46. The first-order valence-corrected chi connectivity index (χ1v) is 8.75. The largest absolute Gasteiger partial charge is 0.337 e. The van der Waals surface area contributed by atoms with Crippen LogP contribution < -0.4 is 0 Å². The minimum absolute atomic E-state index is 0.443. The molecule has 0 radical (unpaired) electrons. The molecule has 3 aromatic rings. The van der Waals surface area contributed by atoms with E-state index in [9.17, 15) is 0 Å². The standard InChI is InChI=1S/C18H22N6O/c1-14-10-20-24(11-14)12-15-6-3-5-9-23(15)13-17-21-18(22-25-17)16-7-2-4-8-19-16/h2,4,7-8,10-11,15H,3,5-6,9,12-13H2,1H3/t15-/m1/s1. The fourth-order valence-electron chi connectivity index (χ4n) is 3.35. The zero-order valence-electron chi connectivity index (χ0n) is 14.4. The summed E-state index contributed by atoms with van der Waals surface area (Å²) in [7, 11) is 0. The van der Waals surface area contributed by atoms with Gasteiger partial charge in [-0.2, -0.15) is 10.1 Å². The van der Waals surface area contributed by atoms with Gasteiger partial charge in [-0.05, 0) is 44.0 Å². The molecule has 1 atom stereocenters. The van der Waals surface area contributed by atoms with Gasteiger partial charge in [0.2, 0.25) is 11.7 Å². The summed E-state index contributed by atoms with van der Waals surface area (Å²) < 4.78 is 7.49. The number of hydrogen-bond acceptors (Lipinski definition) is 6. The van der Waals surface area contributed by atoms with E-state index in [1.807, 2.05) is 29.1 Å². The first-order chi connectivity index (χ1) is 12.3. The van der Waals surface area contributed by atoms with Crippen LogP contribution in [0.2, 0.25) is 0 Å². The molecule has 0 bridgehead atoms. The third-order valence-corrected chi connectivity index (χ3v) is 4.61. The molecule has 7 heteroatoms. The maximum atomic E-state index is 5.46. The molecule has 0 aromatic carbocycles.